The Labute approximate surface area is 98.6 Å². The van der Waals surface area contributed by atoms with Gasteiger partial charge in [-0.1, -0.05) is 5.10 Å². The smallest absolute Gasteiger partial charge is 0.322 e. The summed E-state index contributed by atoms with van der Waals surface area (Å²) in [5, 5.41) is 9.02. The molecule has 0 unspecified atom stereocenters. The van der Waals surface area contributed by atoms with Crippen LogP contribution in [0.5, 0.6) is 0 Å². The van der Waals surface area contributed by atoms with Crippen molar-refractivity contribution in [3.05, 3.63) is 41.0 Å². The van der Waals surface area contributed by atoms with E-state index in [4.69, 9.17) is 4.42 Å². The fraction of sp³-hybridized carbons (Fsp3) is 0.100. The number of aryl methyl sites for hydroxylation is 1. The summed E-state index contributed by atoms with van der Waals surface area (Å²) in [5.74, 6) is -5.23. The van der Waals surface area contributed by atoms with E-state index in [-0.39, 0.29) is 11.9 Å². The fourth-order valence-electron chi connectivity index (χ4n) is 1.20. The zero-order chi connectivity index (χ0) is 13.3. The van der Waals surface area contributed by atoms with Gasteiger partial charge in [0.1, 0.15) is 0 Å². The second kappa shape index (κ2) is 4.47. The van der Waals surface area contributed by atoms with Gasteiger partial charge in [-0.25, -0.2) is 13.2 Å². The first-order valence-electron chi connectivity index (χ1n) is 4.73. The van der Waals surface area contributed by atoms with E-state index in [9.17, 15) is 18.0 Å². The molecule has 0 bridgehead atoms. The van der Waals surface area contributed by atoms with Crippen molar-refractivity contribution in [2.45, 2.75) is 6.92 Å². The number of nitrogens with one attached hydrogen (secondary N) is 1. The number of nitrogens with zero attached hydrogens (tertiary/aromatic N) is 2. The van der Waals surface area contributed by atoms with E-state index >= 15 is 0 Å². The molecule has 0 spiro atoms. The van der Waals surface area contributed by atoms with Gasteiger partial charge in [-0.3, -0.25) is 10.1 Å². The van der Waals surface area contributed by atoms with Gasteiger partial charge in [0.25, 0.3) is 5.91 Å². The average molecular weight is 257 g/mol. The van der Waals surface area contributed by atoms with Crippen LogP contribution in [0.4, 0.5) is 19.2 Å². The summed E-state index contributed by atoms with van der Waals surface area (Å²) in [4.78, 5) is 11.5. The third kappa shape index (κ3) is 2.31. The normalized spacial score (nSPS) is 10.4. The summed E-state index contributed by atoms with van der Waals surface area (Å²) >= 11 is 0. The molecule has 2 rings (SSSR count). The molecule has 2 aromatic rings. The molecule has 1 amide bonds. The number of carbonyl (C=O) groups is 1. The van der Waals surface area contributed by atoms with Crippen LogP contribution in [0.3, 0.4) is 0 Å². The Balaban J connectivity index is 2.24. The number of amides is 1. The first-order valence-corrected chi connectivity index (χ1v) is 4.73. The van der Waals surface area contributed by atoms with Crippen LogP contribution in [0.15, 0.2) is 16.5 Å². The van der Waals surface area contributed by atoms with Crippen molar-refractivity contribution < 1.29 is 22.4 Å². The highest BCUT2D eigenvalue weighted by Crippen LogP contribution is 2.15. The second-order valence-electron chi connectivity index (χ2n) is 3.33. The predicted molar refractivity (Wildman–Crippen MR) is 53.3 cm³/mol. The largest absolute Gasteiger partial charge is 0.408 e. The van der Waals surface area contributed by atoms with Gasteiger partial charge >= 0.3 is 6.01 Å². The summed E-state index contributed by atoms with van der Waals surface area (Å²) in [6, 6.07) is 0.913. The number of rotatable bonds is 2. The van der Waals surface area contributed by atoms with Gasteiger partial charge in [0.2, 0.25) is 5.89 Å². The monoisotopic (exact) mass is 257 g/mol. The number of anilines is 1. The van der Waals surface area contributed by atoms with Crippen LogP contribution in [0.1, 0.15) is 16.2 Å². The Bertz CT molecular complexity index is 589. The van der Waals surface area contributed by atoms with Crippen LogP contribution < -0.4 is 5.32 Å². The Kier molecular flexibility index (Phi) is 3.00. The summed E-state index contributed by atoms with van der Waals surface area (Å²) in [6.45, 7) is 1.50. The highest BCUT2D eigenvalue weighted by Gasteiger charge is 2.16. The van der Waals surface area contributed by atoms with E-state index in [2.05, 4.69) is 15.5 Å². The number of carbonyl (C=O) groups excluding carboxylic acids is 1. The van der Waals surface area contributed by atoms with Crippen LogP contribution in [-0.2, 0) is 0 Å². The van der Waals surface area contributed by atoms with Crippen molar-refractivity contribution in [2.24, 2.45) is 0 Å². The van der Waals surface area contributed by atoms with Crippen molar-refractivity contribution >= 4 is 11.9 Å². The maximum Gasteiger partial charge on any atom is 0.322 e. The zero-order valence-electron chi connectivity index (χ0n) is 9.00. The maximum atomic E-state index is 12.9. The molecule has 0 atom stereocenters. The molecule has 0 aliphatic heterocycles. The molecule has 1 heterocycles. The van der Waals surface area contributed by atoms with Crippen LogP contribution in [0.2, 0.25) is 0 Å². The van der Waals surface area contributed by atoms with Gasteiger partial charge in [-0.15, -0.1) is 5.10 Å². The number of benzene rings is 1. The Morgan fingerprint density at radius 2 is 1.83 bits per heavy atom. The van der Waals surface area contributed by atoms with Gasteiger partial charge in [0, 0.05) is 12.5 Å². The van der Waals surface area contributed by atoms with Gasteiger partial charge in [-0.2, -0.15) is 0 Å². The number of halogens is 3. The molecule has 0 aliphatic carbocycles. The lowest BCUT2D eigenvalue weighted by atomic mass is 10.2. The highest BCUT2D eigenvalue weighted by atomic mass is 19.2. The SMILES string of the molecule is Cc1nnc(NC(=O)c2cc(F)c(F)c(F)c2)o1. The zero-order valence-corrected chi connectivity index (χ0v) is 9.00. The number of hydrogen-bond donors (Lipinski definition) is 1. The van der Waals surface area contributed by atoms with E-state index in [0.717, 1.165) is 0 Å². The van der Waals surface area contributed by atoms with Crippen molar-refractivity contribution in [3.63, 3.8) is 0 Å². The van der Waals surface area contributed by atoms with Gasteiger partial charge < -0.3 is 4.42 Å². The van der Waals surface area contributed by atoms with E-state index in [1.807, 2.05) is 0 Å². The Morgan fingerprint density at radius 3 is 2.33 bits per heavy atom. The molecule has 0 saturated carbocycles. The predicted octanol–water partition coefficient (Wildman–Crippen LogP) is 2.05. The molecule has 0 fully saturated rings. The van der Waals surface area contributed by atoms with E-state index in [0.29, 0.717) is 12.1 Å². The second-order valence-corrected chi connectivity index (χ2v) is 3.33. The minimum absolute atomic E-state index is 0.210. The molecule has 8 heteroatoms. The molecule has 0 aliphatic rings. The standard InChI is InChI=1S/C10H6F3N3O2/c1-4-15-16-10(18-4)14-9(17)5-2-6(11)8(13)7(12)3-5/h2-3H,1H3,(H,14,16,17). The molecule has 1 N–H and O–H groups in total. The molecule has 0 saturated heterocycles. The third-order valence-electron chi connectivity index (χ3n) is 1.99. The van der Waals surface area contributed by atoms with Gasteiger partial charge in [0.15, 0.2) is 17.5 Å². The van der Waals surface area contributed by atoms with Crippen LogP contribution in [-0.4, -0.2) is 16.1 Å². The van der Waals surface area contributed by atoms with Crippen LogP contribution >= 0.6 is 0 Å². The molecule has 94 valence electrons. The maximum absolute atomic E-state index is 12.9. The third-order valence-corrected chi connectivity index (χ3v) is 1.99. The lowest BCUT2D eigenvalue weighted by Gasteiger charge is -2.02. The van der Waals surface area contributed by atoms with Crippen LogP contribution in [0, 0.1) is 24.4 Å². The summed E-state index contributed by atoms with van der Waals surface area (Å²) < 4.78 is 43.3. The first kappa shape index (κ1) is 12.1. The Morgan fingerprint density at radius 1 is 1.22 bits per heavy atom. The van der Waals surface area contributed by atoms with Crippen molar-refractivity contribution in [1.82, 2.24) is 10.2 Å². The quantitative estimate of drug-likeness (QED) is 0.836. The summed E-state index contributed by atoms with van der Waals surface area (Å²) in [7, 11) is 0. The first-order chi connectivity index (χ1) is 8.47. The molecular weight excluding hydrogens is 251 g/mol. The summed E-state index contributed by atoms with van der Waals surface area (Å²) in [5.41, 5.74) is -0.401. The molecule has 5 nitrogen and oxygen atoms in total. The highest BCUT2D eigenvalue weighted by molar-refractivity contribution is 6.03. The fourth-order valence-corrected chi connectivity index (χ4v) is 1.20. The molecule has 1 aromatic carbocycles. The molecular formula is C10H6F3N3O2. The van der Waals surface area contributed by atoms with Gasteiger partial charge in [0.05, 0.1) is 0 Å². The van der Waals surface area contributed by atoms with Crippen molar-refractivity contribution in [1.29, 1.82) is 0 Å². The summed E-state index contributed by atoms with van der Waals surface area (Å²) in [6.07, 6.45) is 0. The number of hydrogen-bond acceptors (Lipinski definition) is 4. The molecule has 0 radical (unpaired) electrons. The van der Waals surface area contributed by atoms with E-state index in [1.165, 1.54) is 6.92 Å². The molecule has 1 aromatic heterocycles. The lowest BCUT2D eigenvalue weighted by molar-refractivity contribution is 0.102. The Hall–Kier alpha value is -2.38. The van der Waals surface area contributed by atoms with Crippen molar-refractivity contribution in [3.8, 4) is 0 Å². The van der Waals surface area contributed by atoms with E-state index < -0.39 is 28.9 Å². The minimum atomic E-state index is -1.64. The minimum Gasteiger partial charge on any atom is -0.408 e. The average Bonchev–Trinajstić information content (AvgIpc) is 2.71. The van der Waals surface area contributed by atoms with E-state index in [1.54, 1.807) is 0 Å². The van der Waals surface area contributed by atoms with Gasteiger partial charge in [-0.05, 0) is 12.1 Å². The van der Waals surface area contributed by atoms with Crippen LogP contribution in [0.25, 0.3) is 0 Å². The molecule has 18 heavy (non-hydrogen) atoms. The number of aromatic nitrogens is 2. The lowest BCUT2D eigenvalue weighted by Crippen LogP contribution is -2.13. The topological polar surface area (TPSA) is 68.0 Å². The van der Waals surface area contributed by atoms with Crippen molar-refractivity contribution in [2.75, 3.05) is 5.32 Å².